The molecule has 1 aliphatic rings. The normalized spacial score (nSPS) is 20.8. The van der Waals surface area contributed by atoms with E-state index in [9.17, 15) is 13.2 Å². The summed E-state index contributed by atoms with van der Waals surface area (Å²) in [5, 5.41) is 2.68. The number of carbonyl (C=O) groups excluding carboxylic acids is 1. The summed E-state index contributed by atoms with van der Waals surface area (Å²) in [6.45, 7) is 12.8. The van der Waals surface area contributed by atoms with Crippen LogP contribution in [-0.2, 0) is 25.8 Å². The fraction of sp³-hybridized carbons (Fsp3) is 0.650. The van der Waals surface area contributed by atoms with E-state index in [-0.39, 0.29) is 34.1 Å². The molecule has 1 amide bonds. The molecule has 0 aliphatic carbocycles. The number of hydrogen-bond acceptors (Lipinski definition) is 4. The Morgan fingerprint density at radius 3 is 2.31 bits per heavy atom. The van der Waals surface area contributed by atoms with Crippen molar-refractivity contribution in [3.63, 3.8) is 0 Å². The van der Waals surface area contributed by atoms with Crippen molar-refractivity contribution in [2.24, 2.45) is 0 Å². The largest absolute Gasteiger partial charge is 0.351 e. The van der Waals surface area contributed by atoms with Crippen molar-refractivity contribution < 1.29 is 13.2 Å². The fourth-order valence-electron chi connectivity index (χ4n) is 3.17. The minimum Gasteiger partial charge on any atom is -0.351 e. The van der Waals surface area contributed by atoms with Gasteiger partial charge in [-0.05, 0) is 54.9 Å². The Balaban J connectivity index is 1.96. The van der Waals surface area contributed by atoms with Gasteiger partial charge in [0, 0.05) is 11.8 Å². The summed E-state index contributed by atoms with van der Waals surface area (Å²) >= 11 is 1.60. The van der Waals surface area contributed by atoms with Crippen molar-refractivity contribution in [2.45, 2.75) is 70.4 Å². The van der Waals surface area contributed by atoms with Crippen molar-refractivity contribution in [1.29, 1.82) is 0 Å². The van der Waals surface area contributed by atoms with Crippen LogP contribution in [0.2, 0.25) is 0 Å². The molecule has 1 saturated heterocycles. The quantitative estimate of drug-likeness (QED) is 0.826. The zero-order valence-electron chi connectivity index (χ0n) is 16.7. The minimum absolute atomic E-state index is 0.0706. The maximum atomic E-state index is 12.4. The van der Waals surface area contributed by atoms with Gasteiger partial charge in [-0.1, -0.05) is 32.9 Å². The van der Waals surface area contributed by atoms with Crippen LogP contribution in [-0.4, -0.2) is 37.1 Å². The molecule has 4 nitrogen and oxygen atoms in total. The van der Waals surface area contributed by atoms with Crippen LogP contribution < -0.4 is 5.32 Å². The van der Waals surface area contributed by atoms with Crippen LogP contribution in [0.3, 0.4) is 0 Å². The van der Waals surface area contributed by atoms with E-state index in [1.807, 2.05) is 6.92 Å². The molecule has 0 aromatic heterocycles. The second-order valence-electron chi connectivity index (χ2n) is 8.40. The lowest BCUT2D eigenvalue weighted by Gasteiger charge is -2.23. The van der Waals surface area contributed by atoms with E-state index in [2.05, 4.69) is 52.1 Å². The summed E-state index contributed by atoms with van der Waals surface area (Å²) in [5.41, 5.74) is 5.25. The summed E-state index contributed by atoms with van der Waals surface area (Å²) in [7, 11) is -2.97. The van der Waals surface area contributed by atoms with Crippen molar-refractivity contribution in [3.8, 4) is 0 Å². The number of benzene rings is 1. The van der Waals surface area contributed by atoms with E-state index in [0.717, 1.165) is 5.75 Å². The average molecular weight is 398 g/mol. The fourth-order valence-corrected chi connectivity index (χ4v) is 5.93. The minimum atomic E-state index is -2.97. The van der Waals surface area contributed by atoms with Crippen LogP contribution in [0.25, 0.3) is 0 Å². The molecule has 2 rings (SSSR count). The SMILES string of the molecule is Cc1cc(C(C)(C)C)cc(C)c1CSC(C)C(=O)NC1CCS(=O)(=O)C1. The summed E-state index contributed by atoms with van der Waals surface area (Å²) in [6.07, 6.45) is 0.526. The van der Waals surface area contributed by atoms with Gasteiger partial charge in [-0.2, -0.15) is 0 Å². The molecule has 1 aromatic rings. The molecule has 6 heteroatoms. The second-order valence-corrected chi connectivity index (χ2v) is 12.0. The molecule has 146 valence electrons. The second kappa shape index (κ2) is 7.93. The number of amides is 1. The third-order valence-electron chi connectivity index (χ3n) is 4.99. The number of aryl methyl sites for hydroxylation is 2. The zero-order chi connectivity index (χ0) is 19.7. The first kappa shape index (κ1) is 21.3. The summed E-state index contributed by atoms with van der Waals surface area (Å²) in [6, 6.07) is 4.26. The highest BCUT2D eigenvalue weighted by molar-refractivity contribution is 7.99. The van der Waals surface area contributed by atoms with Crippen LogP contribution in [0.5, 0.6) is 0 Å². The molecule has 1 aromatic carbocycles. The van der Waals surface area contributed by atoms with Crippen LogP contribution >= 0.6 is 11.8 Å². The Hall–Kier alpha value is -1.01. The van der Waals surface area contributed by atoms with Gasteiger partial charge in [-0.15, -0.1) is 11.8 Å². The van der Waals surface area contributed by atoms with Crippen molar-refractivity contribution in [1.82, 2.24) is 5.32 Å². The number of nitrogens with one attached hydrogen (secondary N) is 1. The molecule has 0 bridgehead atoms. The van der Waals surface area contributed by atoms with Gasteiger partial charge < -0.3 is 5.32 Å². The van der Waals surface area contributed by atoms with Crippen LogP contribution in [0.4, 0.5) is 0 Å². The van der Waals surface area contributed by atoms with Gasteiger partial charge in [0.2, 0.25) is 5.91 Å². The lowest BCUT2D eigenvalue weighted by atomic mass is 9.84. The number of rotatable bonds is 5. The third kappa shape index (κ3) is 5.49. The van der Waals surface area contributed by atoms with E-state index in [4.69, 9.17) is 0 Å². The van der Waals surface area contributed by atoms with Crippen molar-refractivity contribution in [2.75, 3.05) is 11.5 Å². The maximum Gasteiger partial charge on any atom is 0.233 e. The predicted octanol–water partition coefficient (Wildman–Crippen LogP) is 3.53. The molecule has 0 saturated carbocycles. The standard InChI is InChI=1S/C20H31NO3S2/c1-13-9-16(20(4,5)6)10-14(2)18(13)11-25-15(3)19(22)21-17-7-8-26(23,24)12-17/h9-10,15,17H,7-8,11-12H2,1-6H3,(H,21,22). The first-order valence-corrected chi connectivity index (χ1v) is 12.0. The highest BCUT2D eigenvalue weighted by atomic mass is 32.2. The molecular formula is C20H31NO3S2. The molecule has 0 radical (unpaired) electrons. The third-order valence-corrected chi connectivity index (χ3v) is 7.93. The van der Waals surface area contributed by atoms with Crippen LogP contribution in [0, 0.1) is 13.8 Å². The monoisotopic (exact) mass is 397 g/mol. The predicted molar refractivity (Wildman–Crippen MR) is 111 cm³/mol. The average Bonchev–Trinajstić information content (AvgIpc) is 2.83. The van der Waals surface area contributed by atoms with Gasteiger partial charge in [0.05, 0.1) is 16.8 Å². The van der Waals surface area contributed by atoms with E-state index in [1.54, 1.807) is 11.8 Å². The van der Waals surface area contributed by atoms with Gasteiger partial charge in [-0.3, -0.25) is 4.79 Å². The molecule has 0 spiro atoms. The van der Waals surface area contributed by atoms with E-state index in [1.165, 1.54) is 22.3 Å². The van der Waals surface area contributed by atoms with Crippen LogP contribution in [0.1, 0.15) is 56.4 Å². The molecule has 1 fully saturated rings. The zero-order valence-corrected chi connectivity index (χ0v) is 18.3. The molecular weight excluding hydrogens is 366 g/mol. The Morgan fingerprint density at radius 2 is 1.85 bits per heavy atom. The number of carbonyl (C=O) groups is 1. The summed E-state index contributed by atoms with van der Waals surface area (Å²) < 4.78 is 23.0. The number of hydrogen-bond donors (Lipinski definition) is 1. The Morgan fingerprint density at radius 1 is 1.27 bits per heavy atom. The van der Waals surface area contributed by atoms with Gasteiger partial charge in [0.25, 0.3) is 0 Å². The lowest BCUT2D eigenvalue weighted by molar-refractivity contribution is -0.120. The summed E-state index contributed by atoms with van der Waals surface area (Å²) in [5.74, 6) is 0.957. The van der Waals surface area contributed by atoms with Gasteiger partial charge in [0.15, 0.2) is 9.84 Å². The molecule has 2 atom stereocenters. The Labute approximate surface area is 162 Å². The van der Waals surface area contributed by atoms with Gasteiger partial charge in [-0.25, -0.2) is 8.42 Å². The molecule has 1 heterocycles. The lowest BCUT2D eigenvalue weighted by Crippen LogP contribution is -2.40. The van der Waals surface area contributed by atoms with Gasteiger partial charge >= 0.3 is 0 Å². The summed E-state index contributed by atoms with van der Waals surface area (Å²) in [4.78, 5) is 12.4. The molecule has 26 heavy (non-hydrogen) atoms. The molecule has 2 unspecified atom stereocenters. The van der Waals surface area contributed by atoms with E-state index < -0.39 is 9.84 Å². The van der Waals surface area contributed by atoms with Gasteiger partial charge in [0.1, 0.15) is 0 Å². The molecule has 1 aliphatic heterocycles. The van der Waals surface area contributed by atoms with Crippen LogP contribution in [0.15, 0.2) is 12.1 Å². The number of thioether (sulfide) groups is 1. The number of sulfone groups is 1. The highest BCUT2D eigenvalue weighted by Crippen LogP contribution is 2.29. The molecule has 1 N–H and O–H groups in total. The maximum absolute atomic E-state index is 12.4. The van der Waals surface area contributed by atoms with E-state index >= 15 is 0 Å². The highest BCUT2D eigenvalue weighted by Gasteiger charge is 2.30. The Kier molecular flexibility index (Phi) is 6.49. The van der Waals surface area contributed by atoms with Crippen molar-refractivity contribution >= 4 is 27.5 Å². The first-order valence-electron chi connectivity index (χ1n) is 9.12. The topological polar surface area (TPSA) is 63.2 Å². The van der Waals surface area contributed by atoms with E-state index in [0.29, 0.717) is 6.42 Å². The van der Waals surface area contributed by atoms with Crippen molar-refractivity contribution in [3.05, 3.63) is 34.4 Å². The smallest absolute Gasteiger partial charge is 0.233 e. The Bertz CT molecular complexity index is 756. The first-order chi connectivity index (χ1) is 11.9.